The molecule has 0 radical (unpaired) electrons. The van der Waals surface area contributed by atoms with Gasteiger partial charge in [0.05, 0.1) is 0 Å². The molecular formula is C16H17N3Se. The van der Waals surface area contributed by atoms with Crippen LogP contribution in [-0.4, -0.2) is 22.9 Å². The molecule has 2 aromatic carbocycles. The number of rotatable bonds is 3. The molecule has 0 aliphatic heterocycles. The van der Waals surface area contributed by atoms with Crippen LogP contribution in [0.4, 0.5) is 5.69 Å². The van der Waals surface area contributed by atoms with E-state index < -0.39 is 0 Å². The summed E-state index contributed by atoms with van der Waals surface area (Å²) in [6.45, 7) is 6.48. The van der Waals surface area contributed by atoms with Crippen LogP contribution in [0, 0.1) is 13.8 Å². The first-order chi connectivity index (χ1) is 9.65. The summed E-state index contributed by atoms with van der Waals surface area (Å²) < 4.78 is 8.94. The van der Waals surface area contributed by atoms with E-state index in [1.54, 1.807) is 0 Å². The monoisotopic (exact) mass is 331 g/mol. The second-order valence-electron chi connectivity index (χ2n) is 5.16. The molecule has 1 atom stereocenters. The summed E-state index contributed by atoms with van der Waals surface area (Å²) in [7, 11) is 0. The number of nitrogens with one attached hydrogen (secondary N) is 1. The molecule has 0 saturated carbocycles. The zero-order valence-corrected chi connectivity index (χ0v) is 13.6. The molecule has 0 amide bonds. The van der Waals surface area contributed by atoms with Crippen LogP contribution in [0.5, 0.6) is 0 Å². The number of anilines is 1. The van der Waals surface area contributed by atoms with Crippen molar-refractivity contribution >= 4 is 31.7 Å². The minimum absolute atomic E-state index is 0.0170. The van der Waals surface area contributed by atoms with Gasteiger partial charge in [-0.05, 0) is 0 Å². The van der Waals surface area contributed by atoms with Crippen molar-refractivity contribution in [1.29, 1.82) is 0 Å². The Morgan fingerprint density at radius 3 is 2.75 bits per heavy atom. The Morgan fingerprint density at radius 2 is 1.95 bits per heavy atom. The van der Waals surface area contributed by atoms with Crippen molar-refractivity contribution in [2.75, 3.05) is 5.32 Å². The third-order valence-electron chi connectivity index (χ3n) is 3.55. The molecule has 0 spiro atoms. The summed E-state index contributed by atoms with van der Waals surface area (Å²) in [6, 6.07) is 13.0. The van der Waals surface area contributed by atoms with E-state index in [9.17, 15) is 0 Å². The average Bonchev–Trinajstić information content (AvgIpc) is 2.87. The first kappa shape index (κ1) is 13.3. The van der Waals surface area contributed by atoms with E-state index in [0.29, 0.717) is 0 Å². The van der Waals surface area contributed by atoms with Crippen molar-refractivity contribution in [2.24, 2.45) is 0 Å². The van der Waals surface area contributed by atoms with E-state index in [0.717, 1.165) is 16.7 Å². The van der Waals surface area contributed by atoms with Gasteiger partial charge in [-0.3, -0.25) is 0 Å². The number of nitrogens with zero attached hydrogens (tertiary/aromatic N) is 2. The van der Waals surface area contributed by atoms with E-state index in [1.807, 2.05) is 12.1 Å². The molecule has 1 heterocycles. The number of hydrogen-bond donors (Lipinski definition) is 1. The van der Waals surface area contributed by atoms with E-state index in [1.165, 1.54) is 16.7 Å². The Labute approximate surface area is 125 Å². The van der Waals surface area contributed by atoms with Gasteiger partial charge in [0.25, 0.3) is 0 Å². The van der Waals surface area contributed by atoms with Crippen molar-refractivity contribution < 1.29 is 0 Å². The predicted octanol–water partition coefficient (Wildman–Crippen LogP) is 3.48. The van der Waals surface area contributed by atoms with Crippen LogP contribution in [-0.2, 0) is 0 Å². The van der Waals surface area contributed by atoms with Crippen molar-refractivity contribution in [2.45, 2.75) is 26.8 Å². The zero-order chi connectivity index (χ0) is 14.1. The zero-order valence-electron chi connectivity index (χ0n) is 11.8. The van der Waals surface area contributed by atoms with E-state index in [-0.39, 0.29) is 21.0 Å². The average molecular weight is 330 g/mol. The summed E-state index contributed by atoms with van der Waals surface area (Å²) in [5, 5.41) is 3.58. The fraction of sp³-hybridized carbons (Fsp3) is 0.250. The fourth-order valence-electron chi connectivity index (χ4n) is 2.55. The maximum atomic E-state index is 4.52. The van der Waals surface area contributed by atoms with E-state index in [4.69, 9.17) is 0 Å². The summed E-state index contributed by atoms with van der Waals surface area (Å²) in [5.74, 6) is 0. The third-order valence-corrected chi connectivity index (χ3v) is 4.69. The second kappa shape index (κ2) is 5.39. The maximum absolute atomic E-state index is 4.52. The van der Waals surface area contributed by atoms with Gasteiger partial charge in [-0.15, -0.1) is 0 Å². The van der Waals surface area contributed by atoms with Crippen LogP contribution in [0.25, 0.3) is 11.0 Å². The van der Waals surface area contributed by atoms with Crippen LogP contribution in [0.3, 0.4) is 0 Å². The SMILES string of the molecule is Cc1ccc(C(C)Nc2cccc3n[se]nc23)c(C)c1. The second-order valence-corrected chi connectivity index (χ2v) is 6.27. The van der Waals surface area contributed by atoms with Crippen LogP contribution in [0.2, 0.25) is 0 Å². The molecule has 0 aliphatic carbocycles. The molecule has 1 N–H and O–H groups in total. The fourth-order valence-corrected chi connectivity index (χ4v) is 3.70. The van der Waals surface area contributed by atoms with Crippen LogP contribution in [0.1, 0.15) is 29.7 Å². The van der Waals surface area contributed by atoms with Gasteiger partial charge in [-0.25, -0.2) is 0 Å². The Kier molecular flexibility index (Phi) is 3.60. The van der Waals surface area contributed by atoms with Gasteiger partial charge in [0, 0.05) is 0 Å². The van der Waals surface area contributed by atoms with Gasteiger partial charge in [-0.1, -0.05) is 0 Å². The van der Waals surface area contributed by atoms with Gasteiger partial charge in [0.2, 0.25) is 0 Å². The number of hydrogen-bond acceptors (Lipinski definition) is 3. The molecule has 0 aliphatic rings. The Morgan fingerprint density at radius 1 is 1.10 bits per heavy atom. The molecule has 3 rings (SSSR count). The number of aryl methyl sites for hydroxylation is 2. The number of fused-ring (bicyclic) bond motifs is 1. The molecule has 3 nitrogen and oxygen atoms in total. The summed E-state index contributed by atoms with van der Waals surface area (Å²) in [6.07, 6.45) is 0. The van der Waals surface area contributed by atoms with Gasteiger partial charge >= 0.3 is 125 Å². The van der Waals surface area contributed by atoms with E-state index >= 15 is 0 Å². The molecule has 1 aromatic heterocycles. The molecule has 1 unspecified atom stereocenters. The predicted molar refractivity (Wildman–Crippen MR) is 84.4 cm³/mol. The number of benzene rings is 2. The van der Waals surface area contributed by atoms with Crippen LogP contribution >= 0.6 is 0 Å². The van der Waals surface area contributed by atoms with Crippen LogP contribution < -0.4 is 5.32 Å². The Balaban J connectivity index is 1.92. The number of aromatic nitrogens is 2. The van der Waals surface area contributed by atoms with E-state index in [2.05, 4.69) is 58.3 Å². The molecule has 0 saturated heterocycles. The molecule has 3 aromatic rings. The molecular weight excluding hydrogens is 313 g/mol. The van der Waals surface area contributed by atoms with Gasteiger partial charge in [0.1, 0.15) is 0 Å². The first-order valence-electron chi connectivity index (χ1n) is 6.70. The van der Waals surface area contributed by atoms with Crippen LogP contribution in [0.15, 0.2) is 36.4 Å². The Bertz CT molecular complexity index is 748. The van der Waals surface area contributed by atoms with Crippen molar-refractivity contribution in [3.63, 3.8) is 0 Å². The van der Waals surface area contributed by atoms with Crippen molar-refractivity contribution in [1.82, 2.24) is 7.96 Å². The summed E-state index contributed by atoms with van der Waals surface area (Å²) in [4.78, 5) is 0. The van der Waals surface area contributed by atoms with Gasteiger partial charge in [-0.2, -0.15) is 0 Å². The van der Waals surface area contributed by atoms with Crippen molar-refractivity contribution in [3.8, 4) is 0 Å². The molecule has 4 heteroatoms. The summed E-state index contributed by atoms with van der Waals surface area (Å²) >= 11 is 0.0170. The molecule has 0 fully saturated rings. The third kappa shape index (κ3) is 2.49. The Hall–Kier alpha value is -1.64. The minimum atomic E-state index is 0.0170. The standard InChI is InChI=1S/C16H17N3Se/c1-10-7-8-13(11(2)9-10)12(3)17-14-5-4-6-15-16(14)19-20-18-15/h4-9,12,17H,1-3H3. The first-order valence-corrected chi connectivity index (χ1v) is 8.23. The molecule has 102 valence electrons. The normalized spacial score (nSPS) is 12.6. The molecule has 20 heavy (non-hydrogen) atoms. The summed E-state index contributed by atoms with van der Waals surface area (Å²) in [5.41, 5.74) is 7.07. The topological polar surface area (TPSA) is 37.8 Å². The quantitative estimate of drug-likeness (QED) is 0.747. The molecule has 0 bridgehead atoms. The van der Waals surface area contributed by atoms with Gasteiger partial charge < -0.3 is 0 Å². The van der Waals surface area contributed by atoms with Crippen molar-refractivity contribution in [3.05, 3.63) is 53.1 Å². The van der Waals surface area contributed by atoms with Gasteiger partial charge in [0.15, 0.2) is 0 Å².